The zero-order valence-electron chi connectivity index (χ0n) is 12.4. The first-order chi connectivity index (χ1) is 10.1. The van der Waals surface area contributed by atoms with Crippen LogP contribution in [-0.2, 0) is 0 Å². The first-order valence-electron chi connectivity index (χ1n) is 6.32. The summed E-state index contributed by atoms with van der Waals surface area (Å²) >= 11 is 0. The second kappa shape index (κ2) is 6.42. The topological polar surface area (TPSA) is 108 Å². The maximum atomic E-state index is 5.70. The van der Waals surface area contributed by atoms with Crippen LogP contribution in [0.15, 0.2) is 12.3 Å². The smallest absolute Gasteiger partial charge is 0.240 e. The van der Waals surface area contributed by atoms with Gasteiger partial charge in [-0.3, -0.25) is 5.84 Å². The number of nitrogens with one attached hydrogen (secondary N) is 1. The molecule has 0 spiro atoms. The van der Waals surface area contributed by atoms with Gasteiger partial charge in [0.15, 0.2) is 0 Å². The fourth-order valence-corrected chi connectivity index (χ4v) is 1.99. The number of hydrazine groups is 1. The van der Waals surface area contributed by atoms with Crippen LogP contribution in [-0.4, -0.2) is 34.4 Å². The van der Waals surface area contributed by atoms with Crippen molar-refractivity contribution in [2.75, 3.05) is 14.2 Å². The third-order valence-electron chi connectivity index (χ3n) is 3.04. The van der Waals surface area contributed by atoms with Crippen LogP contribution in [0.5, 0.6) is 11.8 Å². The first-order valence-corrected chi connectivity index (χ1v) is 6.32. The van der Waals surface area contributed by atoms with Crippen molar-refractivity contribution in [3.63, 3.8) is 0 Å². The number of aryl methyl sites for hydroxylation is 2. The maximum Gasteiger partial charge on any atom is 0.240 e. The molecule has 2 aromatic rings. The van der Waals surface area contributed by atoms with E-state index < -0.39 is 6.04 Å². The molecule has 0 aliphatic rings. The Morgan fingerprint density at radius 1 is 1.19 bits per heavy atom. The van der Waals surface area contributed by atoms with E-state index in [0.29, 0.717) is 17.5 Å². The second-order valence-electron chi connectivity index (χ2n) is 4.43. The molecule has 8 nitrogen and oxygen atoms in total. The normalized spacial score (nSPS) is 12.0. The molecule has 0 aliphatic carbocycles. The van der Waals surface area contributed by atoms with Gasteiger partial charge in [-0.2, -0.15) is 15.2 Å². The molecule has 2 aromatic heterocycles. The molecule has 0 aromatic carbocycles. The molecule has 0 radical (unpaired) electrons. The Bertz CT molecular complexity index is 634. The van der Waals surface area contributed by atoms with E-state index in [1.807, 2.05) is 19.9 Å². The van der Waals surface area contributed by atoms with Crippen LogP contribution in [0, 0.1) is 13.8 Å². The van der Waals surface area contributed by atoms with Crippen LogP contribution in [0.3, 0.4) is 0 Å². The Kier molecular flexibility index (Phi) is 4.61. The average Bonchev–Trinajstić information content (AvgIpc) is 2.51. The minimum absolute atomic E-state index is 0.339. The Hall–Kier alpha value is -2.32. The number of methoxy groups -OCH3 is 2. The van der Waals surface area contributed by atoms with Crippen LogP contribution in [0.4, 0.5) is 0 Å². The molecule has 21 heavy (non-hydrogen) atoms. The summed E-state index contributed by atoms with van der Waals surface area (Å²) in [5, 5.41) is 8.12. The van der Waals surface area contributed by atoms with E-state index in [9.17, 15) is 0 Å². The molecule has 0 saturated heterocycles. The Balaban J connectivity index is 2.53. The standard InChI is InChI=1S/C13H18N6O2/c1-7-5-9(8(2)19-18-7)11(17-14)12-13(21-4)16-10(20-3)6-15-12/h5-6,11,17H,14H2,1-4H3. The van der Waals surface area contributed by atoms with Gasteiger partial charge >= 0.3 is 0 Å². The van der Waals surface area contributed by atoms with Gasteiger partial charge in [0.1, 0.15) is 5.69 Å². The highest BCUT2D eigenvalue weighted by Crippen LogP contribution is 2.28. The van der Waals surface area contributed by atoms with Gasteiger partial charge in [-0.25, -0.2) is 10.4 Å². The van der Waals surface area contributed by atoms with Crippen LogP contribution >= 0.6 is 0 Å². The van der Waals surface area contributed by atoms with Gasteiger partial charge in [0.25, 0.3) is 0 Å². The lowest BCUT2D eigenvalue weighted by molar-refractivity contribution is 0.352. The van der Waals surface area contributed by atoms with Crippen molar-refractivity contribution in [3.8, 4) is 11.8 Å². The summed E-state index contributed by atoms with van der Waals surface area (Å²) in [6.07, 6.45) is 1.51. The summed E-state index contributed by atoms with van der Waals surface area (Å²) in [5.41, 5.74) is 5.68. The van der Waals surface area contributed by atoms with Crippen LogP contribution < -0.4 is 20.7 Å². The van der Waals surface area contributed by atoms with Crippen LogP contribution in [0.1, 0.15) is 28.7 Å². The van der Waals surface area contributed by atoms with E-state index in [1.165, 1.54) is 20.4 Å². The van der Waals surface area contributed by atoms with E-state index in [1.54, 1.807) is 0 Å². The number of hydrogen-bond acceptors (Lipinski definition) is 8. The zero-order valence-corrected chi connectivity index (χ0v) is 12.4. The molecule has 0 saturated carbocycles. The number of aromatic nitrogens is 4. The highest BCUT2D eigenvalue weighted by molar-refractivity contribution is 5.36. The number of nitrogens with zero attached hydrogens (tertiary/aromatic N) is 4. The lowest BCUT2D eigenvalue weighted by Gasteiger charge is -2.19. The molecule has 0 aliphatic heterocycles. The number of rotatable bonds is 5. The van der Waals surface area contributed by atoms with Gasteiger partial charge in [-0.1, -0.05) is 0 Å². The van der Waals surface area contributed by atoms with Gasteiger partial charge in [0, 0.05) is 5.56 Å². The highest BCUT2D eigenvalue weighted by Gasteiger charge is 2.23. The molecule has 112 valence electrons. The van der Waals surface area contributed by atoms with Gasteiger partial charge < -0.3 is 9.47 Å². The monoisotopic (exact) mass is 290 g/mol. The Morgan fingerprint density at radius 2 is 1.95 bits per heavy atom. The number of hydrogen-bond donors (Lipinski definition) is 2. The molecule has 3 N–H and O–H groups in total. The van der Waals surface area contributed by atoms with E-state index in [2.05, 4.69) is 25.6 Å². The lowest BCUT2D eigenvalue weighted by atomic mass is 10.0. The summed E-state index contributed by atoms with van der Waals surface area (Å²) in [6.45, 7) is 3.72. The minimum atomic E-state index is -0.410. The third-order valence-corrected chi connectivity index (χ3v) is 3.04. The largest absolute Gasteiger partial charge is 0.480 e. The molecular weight excluding hydrogens is 272 g/mol. The predicted molar refractivity (Wildman–Crippen MR) is 75.8 cm³/mol. The van der Waals surface area contributed by atoms with Gasteiger partial charge in [0.2, 0.25) is 11.8 Å². The van der Waals surface area contributed by atoms with Crippen molar-refractivity contribution < 1.29 is 9.47 Å². The lowest BCUT2D eigenvalue weighted by Crippen LogP contribution is -2.31. The average molecular weight is 290 g/mol. The zero-order chi connectivity index (χ0) is 15.4. The van der Waals surface area contributed by atoms with Crippen molar-refractivity contribution in [1.29, 1.82) is 0 Å². The summed E-state index contributed by atoms with van der Waals surface area (Å²) < 4.78 is 10.3. The number of nitrogens with two attached hydrogens (primary N) is 1. The highest BCUT2D eigenvalue weighted by atomic mass is 16.5. The van der Waals surface area contributed by atoms with E-state index in [4.69, 9.17) is 15.3 Å². The summed E-state index contributed by atoms with van der Waals surface area (Å²) in [4.78, 5) is 8.55. The second-order valence-corrected chi connectivity index (χ2v) is 4.43. The summed E-state index contributed by atoms with van der Waals surface area (Å²) in [7, 11) is 3.03. The van der Waals surface area contributed by atoms with E-state index >= 15 is 0 Å². The van der Waals surface area contributed by atoms with E-state index in [0.717, 1.165) is 17.0 Å². The predicted octanol–water partition coefficient (Wildman–Crippen LogP) is 0.453. The van der Waals surface area contributed by atoms with Crippen molar-refractivity contribution in [2.24, 2.45) is 5.84 Å². The maximum absolute atomic E-state index is 5.70. The third kappa shape index (κ3) is 3.06. The van der Waals surface area contributed by atoms with Gasteiger partial charge in [0.05, 0.1) is 37.8 Å². The van der Waals surface area contributed by atoms with Crippen molar-refractivity contribution >= 4 is 0 Å². The molecule has 2 heterocycles. The van der Waals surface area contributed by atoms with E-state index in [-0.39, 0.29) is 0 Å². The summed E-state index contributed by atoms with van der Waals surface area (Å²) in [6, 6.07) is 1.49. The van der Waals surface area contributed by atoms with Crippen molar-refractivity contribution in [3.05, 3.63) is 34.9 Å². The number of ether oxygens (including phenoxy) is 2. The Morgan fingerprint density at radius 3 is 2.57 bits per heavy atom. The van der Waals surface area contributed by atoms with Crippen molar-refractivity contribution in [1.82, 2.24) is 25.6 Å². The molecule has 1 atom stereocenters. The molecule has 2 rings (SSSR count). The van der Waals surface area contributed by atoms with Gasteiger partial charge in [-0.05, 0) is 19.9 Å². The fraction of sp³-hybridized carbons (Fsp3) is 0.385. The first kappa shape index (κ1) is 15.1. The molecule has 0 fully saturated rings. The molecule has 0 bridgehead atoms. The fourth-order valence-electron chi connectivity index (χ4n) is 1.99. The Labute approximate surface area is 122 Å². The molecule has 0 amide bonds. The molecule has 1 unspecified atom stereocenters. The van der Waals surface area contributed by atoms with Gasteiger partial charge in [-0.15, -0.1) is 0 Å². The van der Waals surface area contributed by atoms with Crippen LogP contribution in [0.25, 0.3) is 0 Å². The quantitative estimate of drug-likeness (QED) is 0.603. The van der Waals surface area contributed by atoms with Crippen molar-refractivity contribution in [2.45, 2.75) is 19.9 Å². The summed E-state index contributed by atoms with van der Waals surface area (Å²) in [5.74, 6) is 6.40. The van der Waals surface area contributed by atoms with Crippen LogP contribution in [0.2, 0.25) is 0 Å². The molecule has 8 heteroatoms. The minimum Gasteiger partial charge on any atom is -0.480 e. The molecular formula is C13H18N6O2. The SMILES string of the molecule is COc1cnc(C(NN)c2cc(C)nnc2C)c(OC)n1.